The Labute approximate surface area is 294 Å². The van der Waals surface area contributed by atoms with Crippen molar-refractivity contribution in [3.05, 3.63) is 154 Å². The topological polar surface area (TPSA) is 50.7 Å². The molecule has 4 aromatic rings. The van der Waals surface area contributed by atoms with Crippen molar-refractivity contribution < 1.29 is 8.83 Å². The van der Waals surface area contributed by atoms with Gasteiger partial charge < -0.3 is 8.83 Å². The van der Waals surface area contributed by atoms with Gasteiger partial charge in [0.15, 0.2) is 0 Å². The Bertz CT molecular complexity index is 2290. The average Bonchev–Trinajstić information content (AvgIpc) is 3.75. The van der Waals surface area contributed by atoms with Crippen LogP contribution in [0.2, 0.25) is 0 Å². The number of likely N-dealkylation sites (N-methyl/N-ethyl adjacent to an activating group) is 1. The SMILES string of the molecule is CNC(/N=C(\C)C1C=C(C2=CCCC=C2)C=C(C2=CC=CCC2)C1)(C1=Cc2oc3ccccc3c2CC1)C1C=Cc2c(oc3ccccc23)C1. The predicted molar refractivity (Wildman–Crippen MR) is 207 cm³/mol. The number of para-hydroxylation sites is 2. The summed E-state index contributed by atoms with van der Waals surface area (Å²) in [6, 6.07) is 16.8. The van der Waals surface area contributed by atoms with Crippen LogP contribution in [0.3, 0.4) is 0 Å². The highest BCUT2D eigenvalue weighted by atomic mass is 16.3. The molecule has 50 heavy (non-hydrogen) atoms. The minimum Gasteiger partial charge on any atom is -0.460 e. The summed E-state index contributed by atoms with van der Waals surface area (Å²) >= 11 is 0. The summed E-state index contributed by atoms with van der Waals surface area (Å²) in [5, 5.41) is 6.23. The van der Waals surface area contributed by atoms with E-state index >= 15 is 0 Å². The number of hydrogen-bond donors (Lipinski definition) is 1. The van der Waals surface area contributed by atoms with Crippen LogP contribution in [0.5, 0.6) is 0 Å². The summed E-state index contributed by atoms with van der Waals surface area (Å²) in [5.41, 5.74) is 11.7. The molecule has 0 aliphatic heterocycles. The molecule has 3 atom stereocenters. The lowest BCUT2D eigenvalue weighted by atomic mass is 9.75. The Balaban J connectivity index is 1.16. The monoisotopic (exact) mass is 656 g/mol. The first-order chi connectivity index (χ1) is 24.6. The Morgan fingerprint density at radius 2 is 1.66 bits per heavy atom. The van der Waals surface area contributed by atoms with Gasteiger partial charge in [0, 0.05) is 45.9 Å². The fourth-order valence-electron chi connectivity index (χ4n) is 8.83. The van der Waals surface area contributed by atoms with Crippen LogP contribution in [0, 0.1) is 11.8 Å². The van der Waals surface area contributed by atoms with Crippen LogP contribution in [0.4, 0.5) is 0 Å². The van der Waals surface area contributed by atoms with Gasteiger partial charge in [0.05, 0.1) is 0 Å². The number of rotatable bonds is 7. The number of aryl methyl sites for hydroxylation is 1. The highest BCUT2D eigenvalue weighted by molar-refractivity contribution is 5.91. The maximum atomic E-state index is 6.52. The Morgan fingerprint density at radius 1 is 0.820 bits per heavy atom. The highest BCUT2D eigenvalue weighted by Gasteiger charge is 2.43. The van der Waals surface area contributed by atoms with Crippen molar-refractivity contribution in [1.29, 1.82) is 0 Å². The molecule has 3 unspecified atom stereocenters. The van der Waals surface area contributed by atoms with Gasteiger partial charge in [0.2, 0.25) is 0 Å². The number of furan rings is 2. The lowest BCUT2D eigenvalue weighted by Gasteiger charge is -2.41. The second kappa shape index (κ2) is 12.8. The van der Waals surface area contributed by atoms with Gasteiger partial charge in [-0.15, -0.1) is 0 Å². The molecule has 250 valence electrons. The molecule has 0 amide bonds. The van der Waals surface area contributed by atoms with Gasteiger partial charge in [0.25, 0.3) is 0 Å². The first-order valence-corrected chi connectivity index (χ1v) is 18.4. The number of nitrogens with one attached hydrogen (secondary N) is 1. The van der Waals surface area contributed by atoms with Crippen molar-refractivity contribution in [2.75, 3.05) is 7.05 Å². The molecule has 5 aliphatic carbocycles. The Morgan fingerprint density at radius 3 is 2.46 bits per heavy atom. The smallest absolute Gasteiger partial charge is 0.139 e. The number of fused-ring (bicyclic) bond motifs is 6. The molecule has 0 radical (unpaired) electrons. The Hall–Kier alpha value is -4.93. The molecule has 4 nitrogen and oxygen atoms in total. The van der Waals surface area contributed by atoms with E-state index in [1.165, 1.54) is 49.8 Å². The molecule has 0 fully saturated rings. The third kappa shape index (κ3) is 5.38. The van der Waals surface area contributed by atoms with Gasteiger partial charge in [-0.3, -0.25) is 10.3 Å². The zero-order valence-corrected chi connectivity index (χ0v) is 29.0. The van der Waals surface area contributed by atoms with Crippen molar-refractivity contribution >= 4 is 39.8 Å². The molecular weight excluding hydrogens is 613 g/mol. The minimum absolute atomic E-state index is 0.0462. The van der Waals surface area contributed by atoms with Crippen LogP contribution in [-0.2, 0) is 12.8 Å². The zero-order valence-electron chi connectivity index (χ0n) is 29.0. The number of allylic oxidation sites excluding steroid dienone is 12. The molecule has 0 saturated heterocycles. The van der Waals surface area contributed by atoms with Crippen molar-refractivity contribution in [3.63, 3.8) is 0 Å². The van der Waals surface area contributed by atoms with Gasteiger partial charge in [0.1, 0.15) is 28.3 Å². The van der Waals surface area contributed by atoms with E-state index in [0.717, 1.165) is 79.8 Å². The quantitative estimate of drug-likeness (QED) is 0.201. The van der Waals surface area contributed by atoms with E-state index in [9.17, 15) is 0 Å². The maximum absolute atomic E-state index is 6.52. The molecule has 0 bridgehead atoms. The van der Waals surface area contributed by atoms with E-state index in [2.05, 4.69) is 135 Å². The largest absolute Gasteiger partial charge is 0.460 e. The molecule has 0 saturated carbocycles. The number of hydrogen-bond acceptors (Lipinski definition) is 4. The van der Waals surface area contributed by atoms with Crippen LogP contribution in [0.1, 0.15) is 68.1 Å². The number of benzene rings is 2. The van der Waals surface area contributed by atoms with E-state index < -0.39 is 5.66 Å². The molecule has 4 heteroatoms. The second-order valence-electron chi connectivity index (χ2n) is 14.4. The summed E-state index contributed by atoms with van der Waals surface area (Å²) in [4.78, 5) is 5.87. The fourth-order valence-corrected chi connectivity index (χ4v) is 8.83. The van der Waals surface area contributed by atoms with E-state index in [-0.39, 0.29) is 11.8 Å². The standard InChI is InChI=1S/C46H44N2O2/c1-30(33-25-34(31-13-5-3-6-14-31)27-35(26-33)32-15-7-4-8-16-32)48-46(47-2,36-21-23-40-38-17-9-11-19-42(38)49-44(40)28-36)37-22-24-41-39-18-10-12-20-43(39)50-45(41)29-37/h3,5,7,9-13,15-21,23,26-27,29,33,36,47H,4,6,8,14,22,24-25,28H2,1-2H3/b48-30+. The maximum Gasteiger partial charge on any atom is 0.139 e. The summed E-state index contributed by atoms with van der Waals surface area (Å²) in [6.07, 6.45) is 33.6. The van der Waals surface area contributed by atoms with Crippen molar-refractivity contribution in [3.8, 4) is 0 Å². The number of nitrogens with zero attached hydrogens (tertiary/aromatic N) is 1. The molecule has 5 aliphatic rings. The molecule has 2 aromatic carbocycles. The molecule has 9 rings (SSSR count). The van der Waals surface area contributed by atoms with Crippen LogP contribution in [-0.4, -0.2) is 18.4 Å². The lowest BCUT2D eigenvalue weighted by Crippen LogP contribution is -2.51. The molecule has 2 aromatic heterocycles. The predicted octanol–water partition coefficient (Wildman–Crippen LogP) is 11.2. The third-order valence-electron chi connectivity index (χ3n) is 11.5. The zero-order chi connectivity index (χ0) is 33.7. The number of aliphatic imine (C=N–C) groups is 1. The van der Waals surface area contributed by atoms with E-state index in [4.69, 9.17) is 13.8 Å². The van der Waals surface area contributed by atoms with Gasteiger partial charge >= 0.3 is 0 Å². The van der Waals surface area contributed by atoms with Gasteiger partial charge in [-0.1, -0.05) is 97.2 Å². The molecular formula is C46H44N2O2. The van der Waals surface area contributed by atoms with Crippen LogP contribution >= 0.6 is 0 Å². The lowest BCUT2D eigenvalue weighted by molar-refractivity contribution is 0.301. The fraction of sp³-hybridized carbons (Fsp3) is 0.283. The first-order valence-electron chi connectivity index (χ1n) is 18.4. The van der Waals surface area contributed by atoms with Gasteiger partial charge in [-0.2, -0.15) is 0 Å². The van der Waals surface area contributed by atoms with Crippen molar-refractivity contribution in [2.45, 2.75) is 64.0 Å². The van der Waals surface area contributed by atoms with Crippen molar-refractivity contribution in [2.24, 2.45) is 16.8 Å². The normalized spacial score (nSPS) is 23.1. The minimum atomic E-state index is -0.680. The highest BCUT2D eigenvalue weighted by Crippen LogP contribution is 2.45. The van der Waals surface area contributed by atoms with Crippen molar-refractivity contribution in [1.82, 2.24) is 5.32 Å². The summed E-state index contributed by atoms with van der Waals surface area (Å²) < 4.78 is 13.0. The van der Waals surface area contributed by atoms with E-state index in [1.807, 2.05) is 0 Å². The van der Waals surface area contributed by atoms with Gasteiger partial charge in [-0.25, -0.2) is 0 Å². The summed E-state index contributed by atoms with van der Waals surface area (Å²) in [5.74, 6) is 2.22. The van der Waals surface area contributed by atoms with Crippen LogP contribution < -0.4 is 5.32 Å². The third-order valence-corrected chi connectivity index (χ3v) is 11.5. The van der Waals surface area contributed by atoms with E-state index in [1.54, 1.807) is 0 Å². The summed E-state index contributed by atoms with van der Waals surface area (Å²) in [7, 11) is 2.08. The molecule has 0 spiro atoms. The van der Waals surface area contributed by atoms with Gasteiger partial charge in [-0.05, 0) is 105 Å². The average molecular weight is 657 g/mol. The van der Waals surface area contributed by atoms with Crippen LogP contribution in [0.25, 0.3) is 34.1 Å². The molecule has 2 heterocycles. The first kappa shape index (κ1) is 31.1. The Kier molecular flexibility index (Phi) is 7.93. The van der Waals surface area contributed by atoms with E-state index in [0.29, 0.717) is 0 Å². The molecule has 1 N–H and O–H groups in total. The van der Waals surface area contributed by atoms with Crippen LogP contribution in [0.15, 0.2) is 145 Å². The summed E-state index contributed by atoms with van der Waals surface area (Å²) in [6.45, 7) is 2.25. The second-order valence-corrected chi connectivity index (χ2v) is 14.4.